The fourth-order valence-electron chi connectivity index (χ4n) is 1.05. The lowest BCUT2D eigenvalue weighted by atomic mass is 10.2. The van der Waals surface area contributed by atoms with E-state index in [1.165, 1.54) is 0 Å². The van der Waals surface area contributed by atoms with Gasteiger partial charge in [0.25, 0.3) is 0 Å². The van der Waals surface area contributed by atoms with Crippen molar-refractivity contribution in [2.75, 3.05) is 13.2 Å². The Morgan fingerprint density at radius 1 is 1.05 bits per heavy atom. The quantitative estimate of drug-likeness (QED) is 0.537. The first-order valence-corrected chi connectivity index (χ1v) is 7.33. The Balaban J connectivity index is 4.36. The molecular weight excluding hydrogens is 272 g/mol. The summed E-state index contributed by atoms with van der Waals surface area (Å²) in [5.74, 6) is -1.25. The topological polar surface area (TPSA) is 89.9 Å². The van der Waals surface area contributed by atoms with Gasteiger partial charge in [-0.15, -0.1) is 0 Å². The maximum absolute atomic E-state index is 11.6. The lowest BCUT2D eigenvalue weighted by molar-refractivity contribution is -0.151. The second kappa shape index (κ2) is 9.03. The summed E-state index contributed by atoms with van der Waals surface area (Å²) < 4.78 is 29.8. The van der Waals surface area contributed by atoms with E-state index >= 15 is 0 Å². The van der Waals surface area contributed by atoms with Crippen LogP contribution in [0.1, 0.15) is 34.1 Å². The van der Waals surface area contributed by atoms with Crippen molar-refractivity contribution in [2.45, 2.75) is 39.4 Å². The number of rotatable bonds is 8. The molecule has 1 N–H and O–H groups in total. The first-order chi connectivity index (χ1) is 8.73. The predicted octanol–water partition coefficient (Wildman–Crippen LogP) is 1.37. The van der Waals surface area contributed by atoms with Gasteiger partial charge in [-0.25, -0.2) is 4.21 Å². The van der Waals surface area contributed by atoms with Crippen LogP contribution < -0.4 is 0 Å². The SMILES string of the molecule is CC(C)COC(=O)CC(C(=O)OCC(C)C)S(=O)O. The average Bonchev–Trinajstić information content (AvgIpc) is 2.29. The second-order valence-electron chi connectivity index (χ2n) is 5.07. The van der Waals surface area contributed by atoms with Crippen LogP contribution >= 0.6 is 0 Å². The summed E-state index contributed by atoms with van der Waals surface area (Å²) in [5.41, 5.74) is 0. The van der Waals surface area contributed by atoms with E-state index in [2.05, 4.69) is 0 Å². The lowest BCUT2D eigenvalue weighted by Crippen LogP contribution is -2.32. The monoisotopic (exact) mass is 294 g/mol. The van der Waals surface area contributed by atoms with Gasteiger partial charge in [-0.05, 0) is 11.8 Å². The average molecular weight is 294 g/mol. The van der Waals surface area contributed by atoms with Crippen molar-refractivity contribution in [3.63, 3.8) is 0 Å². The molecule has 7 heteroatoms. The van der Waals surface area contributed by atoms with Crippen molar-refractivity contribution in [2.24, 2.45) is 11.8 Å². The summed E-state index contributed by atoms with van der Waals surface area (Å²) in [6, 6.07) is 0. The Morgan fingerprint density at radius 3 is 1.95 bits per heavy atom. The molecule has 0 bridgehead atoms. The van der Waals surface area contributed by atoms with E-state index in [0.29, 0.717) is 0 Å². The molecule has 0 aliphatic rings. The Morgan fingerprint density at radius 2 is 1.53 bits per heavy atom. The molecule has 0 aliphatic carbocycles. The molecule has 112 valence electrons. The smallest absolute Gasteiger partial charge is 0.324 e. The van der Waals surface area contributed by atoms with Crippen LogP contribution in [-0.2, 0) is 30.1 Å². The summed E-state index contributed by atoms with van der Waals surface area (Å²) in [6.45, 7) is 7.78. The van der Waals surface area contributed by atoms with Crippen LogP contribution in [0.3, 0.4) is 0 Å². The van der Waals surface area contributed by atoms with E-state index in [4.69, 9.17) is 14.0 Å². The van der Waals surface area contributed by atoms with Crippen LogP contribution in [0.2, 0.25) is 0 Å². The lowest BCUT2D eigenvalue weighted by Gasteiger charge is -2.14. The molecule has 0 fully saturated rings. The van der Waals surface area contributed by atoms with Crippen LogP contribution in [0.15, 0.2) is 0 Å². The van der Waals surface area contributed by atoms with E-state index in [0.717, 1.165) is 0 Å². The molecule has 0 saturated carbocycles. The zero-order chi connectivity index (χ0) is 15.0. The summed E-state index contributed by atoms with van der Waals surface area (Å²) in [7, 11) is 0. The summed E-state index contributed by atoms with van der Waals surface area (Å²) in [6.07, 6.45) is -0.452. The molecule has 0 aliphatic heterocycles. The third-order valence-corrected chi connectivity index (χ3v) is 2.84. The summed E-state index contributed by atoms with van der Waals surface area (Å²) >= 11 is -2.46. The number of carbonyl (C=O) groups excluding carboxylic acids is 2. The minimum atomic E-state index is -2.46. The highest BCUT2D eigenvalue weighted by atomic mass is 32.2. The van der Waals surface area contributed by atoms with Crippen molar-refractivity contribution >= 4 is 23.0 Å². The third kappa shape index (κ3) is 8.72. The highest BCUT2D eigenvalue weighted by Gasteiger charge is 2.30. The molecule has 0 rings (SSSR count). The molecular formula is C12H22O6S. The predicted molar refractivity (Wildman–Crippen MR) is 70.8 cm³/mol. The van der Waals surface area contributed by atoms with Gasteiger partial charge in [0, 0.05) is 0 Å². The van der Waals surface area contributed by atoms with Gasteiger partial charge in [0.2, 0.25) is 0 Å². The van der Waals surface area contributed by atoms with Crippen molar-refractivity contribution in [1.29, 1.82) is 0 Å². The largest absolute Gasteiger partial charge is 0.465 e. The molecule has 19 heavy (non-hydrogen) atoms. The molecule has 0 amide bonds. The number of ether oxygens (including phenoxy) is 2. The Bertz CT molecular complexity index is 326. The van der Waals surface area contributed by atoms with Crippen LogP contribution in [0.4, 0.5) is 0 Å². The molecule has 0 spiro atoms. The second-order valence-corrected chi connectivity index (χ2v) is 6.19. The fraction of sp³-hybridized carbons (Fsp3) is 0.833. The van der Waals surface area contributed by atoms with Gasteiger partial charge in [-0.1, -0.05) is 27.7 Å². The molecule has 0 aromatic carbocycles. The zero-order valence-corrected chi connectivity index (χ0v) is 12.6. The molecule has 0 aromatic rings. The van der Waals surface area contributed by atoms with Crippen LogP contribution in [-0.4, -0.2) is 39.2 Å². The van der Waals surface area contributed by atoms with Crippen molar-refractivity contribution < 1.29 is 27.8 Å². The van der Waals surface area contributed by atoms with Gasteiger partial charge in [0.05, 0.1) is 19.6 Å². The molecule has 0 radical (unpaired) electrons. The van der Waals surface area contributed by atoms with E-state index in [9.17, 15) is 13.8 Å². The normalized spacial score (nSPS) is 14.3. The van der Waals surface area contributed by atoms with Gasteiger partial charge < -0.3 is 14.0 Å². The highest BCUT2D eigenvalue weighted by molar-refractivity contribution is 7.80. The first kappa shape index (κ1) is 18.0. The first-order valence-electron chi connectivity index (χ1n) is 6.16. The maximum atomic E-state index is 11.6. The Hall–Kier alpha value is -0.950. The van der Waals surface area contributed by atoms with Crippen LogP contribution in [0.25, 0.3) is 0 Å². The third-order valence-electron chi connectivity index (χ3n) is 1.99. The summed E-state index contributed by atoms with van der Waals surface area (Å²) in [5, 5.41) is -1.39. The number of hydrogen-bond donors (Lipinski definition) is 1. The maximum Gasteiger partial charge on any atom is 0.324 e. The van der Waals surface area contributed by atoms with Gasteiger partial charge in [0.1, 0.15) is 0 Å². The molecule has 0 aromatic heterocycles. The minimum Gasteiger partial charge on any atom is -0.465 e. The van der Waals surface area contributed by atoms with Crippen molar-refractivity contribution in [3.05, 3.63) is 0 Å². The molecule has 2 atom stereocenters. The van der Waals surface area contributed by atoms with Gasteiger partial charge in [-0.2, -0.15) is 0 Å². The van der Waals surface area contributed by atoms with Crippen LogP contribution in [0.5, 0.6) is 0 Å². The van der Waals surface area contributed by atoms with Crippen molar-refractivity contribution in [1.82, 2.24) is 0 Å². The van der Waals surface area contributed by atoms with E-state index < -0.39 is 34.7 Å². The zero-order valence-electron chi connectivity index (χ0n) is 11.8. The van der Waals surface area contributed by atoms with Crippen LogP contribution in [0, 0.1) is 11.8 Å². The van der Waals surface area contributed by atoms with E-state index in [1.807, 2.05) is 27.7 Å². The minimum absolute atomic E-state index is 0.115. The van der Waals surface area contributed by atoms with Crippen molar-refractivity contribution in [3.8, 4) is 0 Å². The molecule has 0 saturated heterocycles. The van der Waals surface area contributed by atoms with Gasteiger partial charge in [-0.3, -0.25) is 9.59 Å². The molecule has 6 nitrogen and oxygen atoms in total. The number of esters is 2. The Kier molecular flexibility index (Phi) is 8.58. The van der Waals surface area contributed by atoms with E-state index in [1.54, 1.807) is 0 Å². The summed E-state index contributed by atoms with van der Waals surface area (Å²) in [4.78, 5) is 23.0. The van der Waals surface area contributed by atoms with E-state index in [-0.39, 0.29) is 25.0 Å². The fourth-order valence-corrected chi connectivity index (χ4v) is 1.56. The standard InChI is InChI=1S/C12H22O6S/c1-8(2)6-17-11(13)5-10(19(15)16)12(14)18-7-9(3)4/h8-10H,5-7H2,1-4H3,(H,15,16). The van der Waals surface area contributed by atoms with Gasteiger partial charge >= 0.3 is 11.9 Å². The number of hydrogen-bond acceptors (Lipinski definition) is 5. The molecule has 0 heterocycles. The number of carbonyl (C=O) groups is 2. The van der Waals surface area contributed by atoms with Gasteiger partial charge in [0.15, 0.2) is 16.3 Å². The molecule has 2 unspecified atom stereocenters. The Labute approximate surface area is 116 Å². The highest BCUT2D eigenvalue weighted by Crippen LogP contribution is 2.07.